The number of benzene rings is 1. The molecule has 0 aromatic heterocycles. The Morgan fingerprint density at radius 2 is 2.04 bits per heavy atom. The largest absolute Gasteiger partial charge is 0.496 e. The highest BCUT2D eigenvalue weighted by atomic mass is 19.4. The molecular formula is C19H23F3N2O2. The highest BCUT2D eigenvalue weighted by Crippen LogP contribution is 2.40. The molecule has 1 aliphatic heterocycles. The second kappa shape index (κ2) is 6.54. The van der Waals surface area contributed by atoms with Crippen LogP contribution in [-0.4, -0.2) is 35.9 Å². The highest BCUT2D eigenvalue weighted by molar-refractivity contribution is 5.47. The van der Waals surface area contributed by atoms with Gasteiger partial charge < -0.3 is 20.1 Å². The summed E-state index contributed by atoms with van der Waals surface area (Å²) in [7, 11) is 1.38. The average molecular weight is 368 g/mol. The molecule has 1 atom stereocenters. The first kappa shape index (κ1) is 18.6. The van der Waals surface area contributed by atoms with Crippen LogP contribution in [0.15, 0.2) is 41.7 Å². The van der Waals surface area contributed by atoms with E-state index in [1.54, 1.807) is 13.8 Å². The van der Waals surface area contributed by atoms with E-state index in [-0.39, 0.29) is 11.7 Å². The van der Waals surface area contributed by atoms with Crippen LogP contribution < -0.4 is 10.1 Å². The van der Waals surface area contributed by atoms with E-state index in [2.05, 4.69) is 16.3 Å². The number of ether oxygens (including phenoxy) is 1. The van der Waals surface area contributed by atoms with Crippen molar-refractivity contribution < 1.29 is 23.0 Å². The fraction of sp³-hybridized carbons (Fsp3) is 0.474. The lowest BCUT2D eigenvalue weighted by Gasteiger charge is -2.28. The highest BCUT2D eigenvalue weighted by Gasteiger charge is 2.33. The lowest BCUT2D eigenvalue weighted by Crippen LogP contribution is -2.37. The second-order valence-electron chi connectivity index (χ2n) is 7.31. The van der Waals surface area contributed by atoms with Gasteiger partial charge in [0.25, 0.3) is 0 Å². The molecule has 0 radical (unpaired) electrons. The topological polar surface area (TPSA) is 44.7 Å². The summed E-state index contributed by atoms with van der Waals surface area (Å²) in [6.07, 6.45) is 0.340. The van der Waals surface area contributed by atoms with Crippen LogP contribution in [0.4, 0.5) is 13.2 Å². The Morgan fingerprint density at radius 3 is 2.65 bits per heavy atom. The number of methoxy groups -OCH3 is 1. The van der Waals surface area contributed by atoms with Crippen LogP contribution in [0.5, 0.6) is 5.75 Å². The average Bonchev–Trinajstić information content (AvgIpc) is 2.93. The summed E-state index contributed by atoms with van der Waals surface area (Å²) in [5.41, 5.74) is 1.16. The quantitative estimate of drug-likeness (QED) is 0.852. The summed E-state index contributed by atoms with van der Waals surface area (Å²) in [6, 6.07) is 3.64. The first-order valence-electron chi connectivity index (χ1n) is 8.47. The smallest absolute Gasteiger partial charge is 0.416 e. The molecule has 26 heavy (non-hydrogen) atoms. The molecule has 1 aromatic carbocycles. The molecule has 7 heteroatoms. The molecule has 1 aliphatic carbocycles. The van der Waals surface area contributed by atoms with E-state index in [0.29, 0.717) is 19.6 Å². The minimum absolute atomic E-state index is 0.0689. The number of rotatable bonds is 4. The Hall–Kier alpha value is -2.15. The molecule has 2 N–H and O–H groups in total. The maximum Gasteiger partial charge on any atom is 0.416 e. The van der Waals surface area contributed by atoms with Crippen LogP contribution in [0.25, 0.3) is 0 Å². The zero-order valence-electron chi connectivity index (χ0n) is 15.0. The molecule has 1 heterocycles. The van der Waals surface area contributed by atoms with Gasteiger partial charge in [-0.3, -0.25) is 0 Å². The van der Waals surface area contributed by atoms with Crippen molar-refractivity contribution in [3.8, 4) is 5.75 Å². The molecule has 2 aliphatic rings. The lowest BCUT2D eigenvalue weighted by atomic mass is 9.89. The maximum absolute atomic E-state index is 12.9. The van der Waals surface area contributed by atoms with E-state index < -0.39 is 17.3 Å². The van der Waals surface area contributed by atoms with Crippen molar-refractivity contribution in [3.63, 3.8) is 0 Å². The molecule has 0 saturated carbocycles. The van der Waals surface area contributed by atoms with Crippen LogP contribution >= 0.6 is 0 Å². The summed E-state index contributed by atoms with van der Waals surface area (Å²) in [5.74, 6) is 0.172. The normalized spacial score (nSPS) is 20.3. The van der Waals surface area contributed by atoms with Crippen molar-refractivity contribution in [1.82, 2.24) is 10.2 Å². The summed E-state index contributed by atoms with van der Waals surface area (Å²) < 4.78 is 44.0. The molecule has 3 rings (SSSR count). The SMILES string of the molecule is COc1cc(C(F)(F)F)ccc1C1C=C2NCN(CC(C)(C)O)C2=CC1. The van der Waals surface area contributed by atoms with Gasteiger partial charge in [0, 0.05) is 18.0 Å². The minimum Gasteiger partial charge on any atom is -0.496 e. The van der Waals surface area contributed by atoms with Crippen molar-refractivity contribution in [1.29, 1.82) is 0 Å². The van der Waals surface area contributed by atoms with Crippen molar-refractivity contribution in [2.75, 3.05) is 20.3 Å². The monoisotopic (exact) mass is 368 g/mol. The van der Waals surface area contributed by atoms with Gasteiger partial charge >= 0.3 is 6.18 Å². The van der Waals surface area contributed by atoms with Crippen molar-refractivity contribution in [2.24, 2.45) is 0 Å². The number of β-amino-alcohol motifs (C(OH)–C–C–N with tert-alkyl or cyclic N) is 1. The van der Waals surface area contributed by atoms with Gasteiger partial charge in [0.05, 0.1) is 36.3 Å². The van der Waals surface area contributed by atoms with Gasteiger partial charge in [-0.05, 0) is 32.4 Å². The standard InChI is InChI=1S/C19H23F3N2O2/c1-18(2,25)10-24-11-23-15-8-12(4-7-16(15)24)14-6-5-13(19(20,21)22)9-17(14)26-3/h5-9,12,23,25H,4,10-11H2,1-3H3. The first-order valence-corrected chi connectivity index (χ1v) is 8.47. The third-order valence-electron chi connectivity index (χ3n) is 4.55. The molecule has 1 unspecified atom stereocenters. The van der Waals surface area contributed by atoms with Crippen LogP contribution in [0.2, 0.25) is 0 Å². The number of halogens is 3. The summed E-state index contributed by atoms with van der Waals surface area (Å²) in [4.78, 5) is 2.06. The van der Waals surface area contributed by atoms with Gasteiger partial charge in [-0.15, -0.1) is 0 Å². The molecule has 0 amide bonds. The number of allylic oxidation sites excluding steroid dienone is 2. The van der Waals surface area contributed by atoms with E-state index in [4.69, 9.17) is 4.74 Å². The maximum atomic E-state index is 12.9. The van der Waals surface area contributed by atoms with E-state index in [0.717, 1.165) is 29.1 Å². The Balaban J connectivity index is 1.84. The molecule has 0 bridgehead atoms. The molecular weight excluding hydrogens is 345 g/mol. The second-order valence-corrected chi connectivity index (χ2v) is 7.31. The molecule has 0 spiro atoms. The van der Waals surface area contributed by atoms with E-state index in [9.17, 15) is 18.3 Å². The predicted octanol–water partition coefficient (Wildman–Crippen LogP) is 3.60. The van der Waals surface area contributed by atoms with Crippen LogP contribution in [0, 0.1) is 0 Å². The van der Waals surface area contributed by atoms with Crippen molar-refractivity contribution in [2.45, 2.75) is 38.0 Å². The summed E-state index contributed by atoms with van der Waals surface area (Å²) >= 11 is 0. The fourth-order valence-electron chi connectivity index (χ4n) is 3.44. The van der Waals surface area contributed by atoms with Gasteiger partial charge in [0.15, 0.2) is 0 Å². The Kier molecular flexibility index (Phi) is 4.69. The Bertz CT molecular complexity index is 748. The number of alkyl halides is 3. The number of hydrogen-bond acceptors (Lipinski definition) is 4. The van der Waals surface area contributed by atoms with Gasteiger partial charge in [0.2, 0.25) is 0 Å². The van der Waals surface area contributed by atoms with Crippen LogP contribution in [0.1, 0.15) is 37.3 Å². The van der Waals surface area contributed by atoms with Crippen LogP contribution in [0.3, 0.4) is 0 Å². The molecule has 142 valence electrons. The van der Waals surface area contributed by atoms with Crippen molar-refractivity contribution >= 4 is 0 Å². The minimum atomic E-state index is -4.39. The van der Waals surface area contributed by atoms with Gasteiger partial charge in [-0.1, -0.05) is 18.2 Å². The van der Waals surface area contributed by atoms with E-state index >= 15 is 0 Å². The predicted molar refractivity (Wildman–Crippen MR) is 92.5 cm³/mol. The Labute approximate surface area is 150 Å². The van der Waals surface area contributed by atoms with Gasteiger partial charge in [-0.25, -0.2) is 0 Å². The molecule has 4 nitrogen and oxygen atoms in total. The number of aliphatic hydroxyl groups is 1. The summed E-state index contributed by atoms with van der Waals surface area (Å²) in [6.45, 7) is 4.61. The van der Waals surface area contributed by atoms with Gasteiger partial charge in [0.1, 0.15) is 5.75 Å². The van der Waals surface area contributed by atoms with E-state index in [1.165, 1.54) is 13.2 Å². The number of fused-ring (bicyclic) bond motifs is 1. The zero-order valence-corrected chi connectivity index (χ0v) is 15.0. The third kappa shape index (κ3) is 3.82. The van der Waals surface area contributed by atoms with Crippen LogP contribution in [-0.2, 0) is 6.18 Å². The fourth-order valence-corrected chi connectivity index (χ4v) is 3.44. The number of nitrogens with one attached hydrogen (secondary N) is 1. The molecule has 1 saturated heterocycles. The zero-order chi connectivity index (χ0) is 19.1. The molecule has 1 fully saturated rings. The van der Waals surface area contributed by atoms with E-state index in [1.807, 2.05) is 6.08 Å². The van der Waals surface area contributed by atoms with Gasteiger partial charge in [-0.2, -0.15) is 13.2 Å². The number of nitrogens with zero attached hydrogens (tertiary/aromatic N) is 1. The Morgan fingerprint density at radius 1 is 1.31 bits per heavy atom. The first-order chi connectivity index (χ1) is 12.1. The molecule has 1 aromatic rings. The van der Waals surface area contributed by atoms with Crippen molar-refractivity contribution in [3.05, 3.63) is 52.9 Å². The number of hydrogen-bond donors (Lipinski definition) is 2. The third-order valence-corrected chi connectivity index (χ3v) is 4.55. The lowest BCUT2D eigenvalue weighted by molar-refractivity contribution is -0.137. The summed E-state index contributed by atoms with van der Waals surface area (Å²) in [5, 5.41) is 13.3.